The number of fused-ring (bicyclic) bond motifs is 1. The summed E-state index contributed by atoms with van der Waals surface area (Å²) < 4.78 is 32.3. The van der Waals surface area contributed by atoms with Crippen LogP contribution in [0.25, 0.3) is 11.1 Å². The highest BCUT2D eigenvalue weighted by Crippen LogP contribution is 2.35. The van der Waals surface area contributed by atoms with Crippen LogP contribution in [0.3, 0.4) is 0 Å². The van der Waals surface area contributed by atoms with Gasteiger partial charge in [0, 0.05) is 18.3 Å². The largest absolute Gasteiger partial charge is 0.417 e. The Morgan fingerprint density at radius 3 is 2.74 bits per heavy atom. The summed E-state index contributed by atoms with van der Waals surface area (Å²) in [5.74, 6) is -0.219. The molecule has 4 rings (SSSR count). The van der Waals surface area contributed by atoms with Crippen LogP contribution in [0.2, 0.25) is 0 Å². The number of benzene rings is 1. The first kappa shape index (κ1) is 14.0. The number of aromatic amines is 1. The molecule has 0 saturated heterocycles. The predicted molar refractivity (Wildman–Crippen MR) is 83.8 cm³/mol. The van der Waals surface area contributed by atoms with E-state index in [2.05, 4.69) is 9.97 Å². The quantitative estimate of drug-likeness (QED) is 0.787. The molecule has 0 radical (unpaired) electrons. The van der Waals surface area contributed by atoms with Crippen molar-refractivity contribution in [2.75, 3.05) is 4.31 Å². The first-order chi connectivity index (χ1) is 11.1. The lowest BCUT2D eigenvalue weighted by Crippen LogP contribution is -2.33. The molecule has 1 aliphatic carbocycles. The van der Waals surface area contributed by atoms with E-state index in [9.17, 15) is 13.2 Å². The molecule has 118 valence electrons. The molecule has 0 spiro atoms. The minimum absolute atomic E-state index is 0.0744. The second-order valence-electron chi connectivity index (χ2n) is 5.39. The fourth-order valence-corrected chi connectivity index (χ4v) is 4.18. The van der Waals surface area contributed by atoms with Gasteiger partial charge in [0.1, 0.15) is 5.82 Å². The van der Waals surface area contributed by atoms with E-state index in [1.165, 1.54) is 22.5 Å². The number of H-pyrrole nitrogens is 1. The third-order valence-electron chi connectivity index (χ3n) is 3.70. The maximum Gasteiger partial charge on any atom is 0.417 e. The van der Waals surface area contributed by atoms with Crippen LogP contribution >= 0.6 is 0 Å². The van der Waals surface area contributed by atoms with Gasteiger partial charge >= 0.3 is 5.76 Å². The van der Waals surface area contributed by atoms with Crippen LogP contribution < -0.4 is 10.1 Å². The van der Waals surface area contributed by atoms with Crippen molar-refractivity contribution in [2.24, 2.45) is 0 Å². The second-order valence-corrected chi connectivity index (χ2v) is 7.21. The molecule has 3 aromatic rings. The molecule has 7 nitrogen and oxygen atoms in total. The number of pyridine rings is 1. The Bertz CT molecular complexity index is 1020. The lowest BCUT2D eigenvalue weighted by atomic mass is 10.3. The molecule has 2 heterocycles. The minimum atomic E-state index is -3.78. The molecule has 1 N–H and O–H groups in total. The lowest BCUT2D eigenvalue weighted by molar-refractivity contribution is 0.553. The average molecular weight is 331 g/mol. The normalized spacial score (nSPS) is 15.0. The van der Waals surface area contributed by atoms with Crippen LogP contribution in [0, 0.1) is 0 Å². The van der Waals surface area contributed by atoms with E-state index in [1.807, 2.05) is 0 Å². The topological polar surface area (TPSA) is 96.3 Å². The highest BCUT2D eigenvalue weighted by atomic mass is 32.2. The van der Waals surface area contributed by atoms with Gasteiger partial charge in [0.25, 0.3) is 10.0 Å². The van der Waals surface area contributed by atoms with Gasteiger partial charge < -0.3 is 4.42 Å². The first-order valence-corrected chi connectivity index (χ1v) is 8.58. The Morgan fingerprint density at radius 2 is 2.04 bits per heavy atom. The molecular weight excluding hydrogens is 318 g/mol. The molecule has 1 aliphatic rings. The number of nitrogens with zero attached hydrogens (tertiary/aromatic N) is 2. The van der Waals surface area contributed by atoms with Crippen molar-refractivity contribution in [1.82, 2.24) is 9.97 Å². The number of sulfonamides is 1. The van der Waals surface area contributed by atoms with Gasteiger partial charge in [0.2, 0.25) is 0 Å². The third kappa shape index (κ3) is 2.40. The molecule has 8 heteroatoms. The monoisotopic (exact) mass is 331 g/mol. The number of rotatable bonds is 4. The van der Waals surface area contributed by atoms with Crippen molar-refractivity contribution in [1.29, 1.82) is 0 Å². The lowest BCUT2D eigenvalue weighted by Gasteiger charge is -2.23. The second kappa shape index (κ2) is 4.95. The van der Waals surface area contributed by atoms with Crippen molar-refractivity contribution < 1.29 is 12.8 Å². The van der Waals surface area contributed by atoms with Gasteiger partial charge in [-0.25, -0.2) is 22.5 Å². The van der Waals surface area contributed by atoms with Gasteiger partial charge in [-0.05, 0) is 37.1 Å². The molecule has 23 heavy (non-hydrogen) atoms. The molecule has 1 saturated carbocycles. The van der Waals surface area contributed by atoms with E-state index in [1.54, 1.807) is 24.4 Å². The van der Waals surface area contributed by atoms with Crippen molar-refractivity contribution in [2.45, 2.75) is 23.8 Å². The summed E-state index contributed by atoms with van der Waals surface area (Å²) in [5.41, 5.74) is 0.678. The summed E-state index contributed by atoms with van der Waals surface area (Å²) in [6.07, 6.45) is 3.17. The zero-order valence-electron chi connectivity index (χ0n) is 12.0. The fraction of sp³-hybridized carbons (Fsp3) is 0.200. The molecule has 0 unspecified atom stereocenters. The Balaban J connectivity index is 1.84. The van der Waals surface area contributed by atoms with E-state index in [4.69, 9.17) is 4.42 Å². The molecule has 1 fully saturated rings. The fourth-order valence-electron chi connectivity index (χ4n) is 2.50. The van der Waals surface area contributed by atoms with Gasteiger partial charge in [0.05, 0.1) is 10.4 Å². The highest BCUT2D eigenvalue weighted by Gasteiger charge is 2.39. The Hall–Kier alpha value is -2.61. The van der Waals surface area contributed by atoms with Crippen molar-refractivity contribution in [3.63, 3.8) is 0 Å². The van der Waals surface area contributed by atoms with Crippen molar-refractivity contribution in [3.05, 3.63) is 53.1 Å². The van der Waals surface area contributed by atoms with E-state index >= 15 is 0 Å². The summed E-state index contributed by atoms with van der Waals surface area (Å²) in [7, 11) is -3.78. The molecule has 0 atom stereocenters. The average Bonchev–Trinajstić information content (AvgIpc) is 3.27. The molecule has 0 bridgehead atoms. The standard InChI is InChI=1S/C15H13N3O4S/c19-15-17-12-7-6-11(9-13(12)22-15)23(20,21)18(10-4-5-10)14-3-1-2-8-16-14/h1-3,6-10H,4-5H2,(H,17,19). The Morgan fingerprint density at radius 1 is 1.22 bits per heavy atom. The summed E-state index contributed by atoms with van der Waals surface area (Å²) in [6, 6.07) is 9.43. The number of hydrogen-bond acceptors (Lipinski definition) is 5. The zero-order chi connectivity index (χ0) is 16.0. The smallest absolute Gasteiger partial charge is 0.408 e. The Kier molecular flexibility index (Phi) is 3.02. The minimum Gasteiger partial charge on any atom is -0.408 e. The van der Waals surface area contributed by atoms with Crippen molar-refractivity contribution in [3.8, 4) is 0 Å². The Labute approximate surface area is 131 Å². The van der Waals surface area contributed by atoms with Crippen LogP contribution in [0.4, 0.5) is 5.82 Å². The zero-order valence-corrected chi connectivity index (χ0v) is 12.8. The molecule has 0 aliphatic heterocycles. The van der Waals surface area contributed by atoms with Gasteiger partial charge in [0.15, 0.2) is 5.58 Å². The SMILES string of the molecule is O=c1[nH]c2ccc(S(=O)(=O)N(c3ccccn3)C3CC3)cc2o1. The summed E-state index contributed by atoms with van der Waals surface area (Å²) in [5, 5.41) is 0. The van der Waals surface area contributed by atoms with E-state index in [-0.39, 0.29) is 16.5 Å². The van der Waals surface area contributed by atoms with Gasteiger partial charge in [-0.15, -0.1) is 0 Å². The number of aromatic nitrogens is 2. The van der Waals surface area contributed by atoms with E-state index in [0.717, 1.165) is 12.8 Å². The first-order valence-electron chi connectivity index (χ1n) is 7.14. The van der Waals surface area contributed by atoms with Crippen LogP contribution in [0.1, 0.15) is 12.8 Å². The molecule has 1 aromatic carbocycles. The summed E-state index contributed by atoms with van der Waals surface area (Å²) in [6.45, 7) is 0. The van der Waals surface area contributed by atoms with E-state index in [0.29, 0.717) is 11.3 Å². The number of nitrogens with one attached hydrogen (secondary N) is 1. The summed E-state index contributed by atoms with van der Waals surface area (Å²) >= 11 is 0. The van der Waals surface area contributed by atoms with E-state index < -0.39 is 15.8 Å². The third-order valence-corrected chi connectivity index (χ3v) is 5.56. The van der Waals surface area contributed by atoms with Gasteiger partial charge in [-0.1, -0.05) is 6.07 Å². The maximum atomic E-state index is 13.0. The molecule has 0 amide bonds. The van der Waals surface area contributed by atoms with Crippen LogP contribution in [0.15, 0.2) is 56.7 Å². The molecule has 2 aromatic heterocycles. The summed E-state index contributed by atoms with van der Waals surface area (Å²) in [4.78, 5) is 18.0. The molecular formula is C15H13N3O4S. The highest BCUT2D eigenvalue weighted by molar-refractivity contribution is 7.92. The van der Waals surface area contributed by atoms with Gasteiger partial charge in [-0.3, -0.25) is 4.98 Å². The van der Waals surface area contributed by atoms with Crippen molar-refractivity contribution >= 4 is 26.9 Å². The predicted octanol–water partition coefficient (Wildman–Crippen LogP) is 1.87. The number of hydrogen-bond donors (Lipinski definition) is 1. The van der Waals surface area contributed by atoms with Crippen LogP contribution in [-0.4, -0.2) is 24.4 Å². The van der Waals surface area contributed by atoms with Crippen LogP contribution in [-0.2, 0) is 10.0 Å². The number of anilines is 1. The van der Waals surface area contributed by atoms with Crippen LogP contribution in [0.5, 0.6) is 0 Å². The number of oxazole rings is 1. The van der Waals surface area contributed by atoms with Gasteiger partial charge in [-0.2, -0.15) is 0 Å². The maximum absolute atomic E-state index is 13.0.